The largest absolute Gasteiger partial charge is 0.381 e. The van der Waals surface area contributed by atoms with Crippen LogP contribution in [0.3, 0.4) is 0 Å². The number of hydrogen-bond acceptors (Lipinski definition) is 4. The number of carbonyl (C=O) groups is 1. The van der Waals surface area contributed by atoms with Crippen molar-refractivity contribution in [3.8, 4) is 0 Å². The molecule has 0 saturated carbocycles. The van der Waals surface area contributed by atoms with Gasteiger partial charge in [-0.3, -0.25) is 4.79 Å². The third-order valence-electron chi connectivity index (χ3n) is 2.82. The van der Waals surface area contributed by atoms with E-state index in [1.165, 1.54) is 6.08 Å². The molecule has 0 fully saturated rings. The summed E-state index contributed by atoms with van der Waals surface area (Å²) in [6.07, 6.45) is 3.39. The number of hydrogen-bond donors (Lipinski definition) is 3. The van der Waals surface area contributed by atoms with Gasteiger partial charge in [-0.15, -0.1) is 0 Å². The van der Waals surface area contributed by atoms with Gasteiger partial charge in [-0.25, -0.2) is 0 Å². The van der Waals surface area contributed by atoms with Crippen molar-refractivity contribution >= 4 is 5.91 Å². The first-order chi connectivity index (χ1) is 8.50. The van der Waals surface area contributed by atoms with Crippen LogP contribution in [0, 0.1) is 5.92 Å². The third kappa shape index (κ3) is 4.89. The van der Waals surface area contributed by atoms with Gasteiger partial charge in [0, 0.05) is 24.4 Å². The van der Waals surface area contributed by atoms with Gasteiger partial charge in [0.25, 0.3) is 0 Å². The maximum atomic E-state index is 11.5. The first-order valence-corrected chi connectivity index (χ1v) is 6.25. The number of ether oxygens (including phenoxy) is 1. The maximum Gasteiger partial charge on any atom is 0.243 e. The molecular weight excluding hydrogens is 230 g/mol. The summed E-state index contributed by atoms with van der Waals surface area (Å²) in [7, 11) is 0. The summed E-state index contributed by atoms with van der Waals surface area (Å²) in [4.78, 5) is 11.5. The van der Waals surface area contributed by atoms with Crippen molar-refractivity contribution in [2.24, 2.45) is 11.7 Å². The van der Waals surface area contributed by atoms with Crippen LogP contribution in [0.2, 0.25) is 0 Å². The molecule has 0 spiro atoms. The fourth-order valence-electron chi connectivity index (χ4n) is 1.57. The minimum absolute atomic E-state index is 0.0359. The molecule has 0 saturated heterocycles. The number of amides is 1. The molecule has 1 amide bonds. The van der Waals surface area contributed by atoms with Crippen LogP contribution >= 0.6 is 0 Å². The average Bonchev–Trinajstić information content (AvgIpc) is 2.31. The molecule has 1 rings (SSSR count). The Labute approximate surface area is 108 Å². The van der Waals surface area contributed by atoms with Crippen LogP contribution < -0.4 is 16.4 Å². The van der Waals surface area contributed by atoms with E-state index >= 15 is 0 Å². The first-order valence-electron chi connectivity index (χ1n) is 6.25. The lowest BCUT2D eigenvalue weighted by molar-refractivity contribution is -0.116. The molecular formula is C13H23N3O2. The fourth-order valence-corrected chi connectivity index (χ4v) is 1.57. The zero-order chi connectivity index (χ0) is 13.5. The Bertz CT molecular complexity index is 326. The minimum Gasteiger partial charge on any atom is -0.381 e. The number of rotatable bonds is 1. The Morgan fingerprint density at radius 1 is 1.56 bits per heavy atom. The number of nitrogens with one attached hydrogen (secondary N) is 2. The van der Waals surface area contributed by atoms with E-state index in [1.807, 2.05) is 6.08 Å². The average molecular weight is 253 g/mol. The van der Waals surface area contributed by atoms with Crippen LogP contribution in [0.5, 0.6) is 0 Å². The van der Waals surface area contributed by atoms with Crippen molar-refractivity contribution < 1.29 is 9.53 Å². The van der Waals surface area contributed by atoms with Crippen LogP contribution in [0.15, 0.2) is 24.4 Å². The molecule has 0 radical (unpaired) electrons. The zero-order valence-corrected chi connectivity index (χ0v) is 11.1. The topological polar surface area (TPSA) is 76.4 Å². The summed E-state index contributed by atoms with van der Waals surface area (Å²) in [5.74, 6) is 0.225. The summed E-state index contributed by atoms with van der Waals surface area (Å²) in [6, 6.07) is -0.205. The Morgan fingerprint density at radius 3 is 2.94 bits per heavy atom. The Kier molecular flexibility index (Phi) is 5.88. The van der Waals surface area contributed by atoms with Crippen LogP contribution in [0.25, 0.3) is 0 Å². The van der Waals surface area contributed by atoms with Gasteiger partial charge >= 0.3 is 0 Å². The molecule has 0 bridgehead atoms. The molecule has 102 valence electrons. The van der Waals surface area contributed by atoms with Crippen LogP contribution in [0.4, 0.5) is 0 Å². The minimum atomic E-state index is -0.241. The highest BCUT2D eigenvalue weighted by atomic mass is 16.5. The van der Waals surface area contributed by atoms with Crippen molar-refractivity contribution in [2.75, 3.05) is 19.8 Å². The summed E-state index contributed by atoms with van der Waals surface area (Å²) < 4.78 is 5.37. The van der Waals surface area contributed by atoms with Gasteiger partial charge in [-0.1, -0.05) is 26.5 Å². The summed E-state index contributed by atoms with van der Waals surface area (Å²) in [5, 5.41) is 5.98. The monoisotopic (exact) mass is 253 g/mol. The summed E-state index contributed by atoms with van der Waals surface area (Å²) >= 11 is 0. The second-order valence-corrected chi connectivity index (χ2v) is 4.77. The van der Waals surface area contributed by atoms with Gasteiger partial charge < -0.3 is 21.1 Å². The molecule has 4 N–H and O–H groups in total. The maximum absolute atomic E-state index is 11.5. The standard InChI is InChI=1S/C13H23N3O2/c1-9(2)12-4-5-13(17)15-6-7-18-8-11(14)10(3)16-12/h4-5,9,11-12,16H,3,6-8,14H2,1-2H3,(H,15,17)/b5-4+/t11-,12?/m0/s1. The van der Waals surface area contributed by atoms with E-state index in [9.17, 15) is 4.79 Å². The molecule has 0 aromatic heterocycles. The van der Waals surface area contributed by atoms with Gasteiger partial charge in [-0.05, 0) is 5.92 Å². The van der Waals surface area contributed by atoms with Crippen molar-refractivity contribution in [3.63, 3.8) is 0 Å². The van der Waals surface area contributed by atoms with E-state index in [4.69, 9.17) is 10.5 Å². The lowest BCUT2D eigenvalue weighted by Crippen LogP contribution is -2.41. The first kappa shape index (κ1) is 14.7. The zero-order valence-electron chi connectivity index (χ0n) is 11.1. The van der Waals surface area contributed by atoms with E-state index in [0.29, 0.717) is 25.7 Å². The smallest absolute Gasteiger partial charge is 0.243 e. The Morgan fingerprint density at radius 2 is 2.28 bits per heavy atom. The molecule has 0 aliphatic carbocycles. The number of nitrogens with two attached hydrogens (primary N) is 1. The lowest BCUT2D eigenvalue weighted by Gasteiger charge is -2.25. The van der Waals surface area contributed by atoms with E-state index in [0.717, 1.165) is 5.70 Å². The van der Waals surface area contributed by atoms with Gasteiger partial charge in [0.15, 0.2) is 0 Å². The SMILES string of the molecule is C=C1NC(C(C)C)/C=C/C(=O)NCCOC[C@@H]1N. The van der Waals surface area contributed by atoms with Crippen molar-refractivity contribution in [1.82, 2.24) is 10.6 Å². The highest BCUT2D eigenvalue weighted by Crippen LogP contribution is 2.07. The van der Waals surface area contributed by atoms with E-state index < -0.39 is 0 Å². The van der Waals surface area contributed by atoms with Gasteiger partial charge in [-0.2, -0.15) is 0 Å². The molecule has 1 aliphatic rings. The lowest BCUT2D eigenvalue weighted by atomic mass is 10.0. The van der Waals surface area contributed by atoms with Crippen molar-refractivity contribution in [3.05, 3.63) is 24.4 Å². The molecule has 5 heteroatoms. The van der Waals surface area contributed by atoms with Crippen LogP contribution in [-0.2, 0) is 9.53 Å². The van der Waals surface area contributed by atoms with E-state index in [-0.39, 0.29) is 18.0 Å². The third-order valence-corrected chi connectivity index (χ3v) is 2.82. The predicted octanol–water partition coefficient (Wildman–Crippen LogP) is 0.144. The normalized spacial score (nSPS) is 28.9. The Balaban J connectivity index is 2.76. The quantitative estimate of drug-likeness (QED) is 0.621. The molecule has 1 aliphatic heterocycles. The molecule has 18 heavy (non-hydrogen) atoms. The fraction of sp³-hybridized carbons (Fsp3) is 0.615. The molecule has 1 unspecified atom stereocenters. The molecule has 0 aromatic rings. The second-order valence-electron chi connectivity index (χ2n) is 4.77. The van der Waals surface area contributed by atoms with Crippen molar-refractivity contribution in [2.45, 2.75) is 25.9 Å². The summed E-state index contributed by atoms with van der Waals surface area (Å²) in [6.45, 7) is 9.41. The van der Waals surface area contributed by atoms with Gasteiger partial charge in [0.2, 0.25) is 5.91 Å². The molecule has 2 atom stereocenters. The predicted molar refractivity (Wildman–Crippen MR) is 71.8 cm³/mol. The molecule has 1 heterocycles. The van der Waals surface area contributed by atoms with E-state index in [1.54, 1.807) is 0 Å². The van der Waals surface area contributed by atoms with Crippen LogP contribution in [-0.4, -0.2) is 37.7 Å². The van der Waals surface area contributed by atoms with Gasteiger partial charge in [0.05, 0.1) is 19.3 Å². The summed E-state index contributed by atoms with van der Waals surface area (Å²) in [5.41, 5.74) is 6.68. The molecule has 0 aromatic carbocycles. The van der Waals surface area contributed by atoms with Gasteiger partial charge in [0.1, 0.15) is 0 Å². The van der Waals surface area contributed by atoms with Crippen LogP contribution in [0.1, 0.15) is 13.8 Å². The highest BCUT2D eigenvalue weighted by Gasteiger charge is 2.15. The Hall–Kier alpha value is -1.33. The number of carbonyl (C=O) groups excluding carboxylic acids is 1. The molecule has 5 nitrogen and oxygen atoms in total. The highest BCUT2D eigenvalue weighted by molar-refractivity contribution is 5.87. The second kappa shape index (κ2) is 7.18. The van der Waals surface area contributed by atoms with E-state index in [2.05, 4.69) is 31.1 Å². The van der Waals surface area contributed by atoms with Crippen molar-refractivity contribution in [1.29, 1.82) is 0 Å².